The van der Waals surface area contributed by atoms with E-state index in [1.54, 1.807) is 6.92 Å². The van der Waals surface area contributed by atoms with E-state index in [9.17, 15) is 13.2 Å². The van der Waals surface area contributed by atoms with Crippen LogP contribution in [0, 0.1) is 6.92 Å². The minimum Gasteiger partial charge on any atom is -0.335 e. The van der Waals surface area contributed by atoms with Crippen LogP contribution in [-0.2, 0) is 10.0 Å². The van der Waals surface area contributed by atoms with Crippen molar-refractivity contribution in [1.82, 2.24) is 14.6 Å². The van der Waals surface area contributed by atoms with Gasteiger partial charge >= 0.3 is 6.03 Å². The Kier molecular flexibility index (Phi) is 2.81. The summed E-state index contributed by atoms with van der Waals surface area (Å²) in [6, 6.07) is -0.607. The average Bonchev–Trinajstić information content (AvgIpc) is 2.72. The van der Waals surface area contributed by atoms with E-state index in [0.29, 0.717) is 12.2 Å². The molecule has 0 unspecified atom stereocenters. The minimum atomic E-state index is -3.80. The fourth-order valence-electron chi connectivity index (χ4n) is 1.37. The number of urea groups is 1. The zero-order chi connectivity index (χ0) is 11.9. The van der Waals surface area contributed by atoms with Gasteiger partial charge in [-0.2, -0.15) is 8.42 Å². The van der Waals surface area contributed by atoms with Crippen molar-refractivity contribution in [3.05, 3.63) is 10.2 Å². The van der Waals surface area contributed by atoms with Gasteiger partial charge in [-0.25, -0.2) is 14.1 Å². The predicted octanol–water partition coefficient (Wildman–Crippen LogP) is 0.819. The summed E-state index contributed by atoms with van der Waals surface area (Å²) in [6.07, 6.45) is 0. The van der Waals surface area contributed by atoms with Crippen molar-refractivity contribution in [2.45, 2.75) is 11.1 Å². The summed E-state index contributed by atoms with van der Waals surface area (Å²) in [4.78, 5) is 15.1. The van der Waals surface area contributed by atoms with E-state index in [2.05, 4.69) is 10.3 Å². The first-order valence-electron chi connectivity index (χ1n) is 4.36. The van der Waals surface area contributed by atoms with Gasteiger partial charge in [0.15, 0.2) is 8.68 Å². The molecule has 0 spiro atoms. The van der Waals surface area contributed by atoms with Crippen molar-refractivity contribution >= 4 is 39.0 Å². The zero-order valence-corrected chi connectivity index (χ0v) is 10.6. The summed E-state index contributed by atoms with van der Waals surface area (Å²) in [5, 5.41) is 2.43. The molecule has 1 aromatic heterocycles. The third-order valence-corrected chi connectivity index (χ3v) is 5.70. The largest absolute Gasteiger partial charge is 0.335 e. The standard InChI is InChI=1S/C7H8ClN3O3S2/c1-4-5(15-6(8)10-4)16(13,14)11-3-2-9-7(11)12/h2-3H2,1H3,(H,9,12). The lowest BCUT2D eigenvalue weighted by Crippen LogP contribution is -2.34. The number of aryl methyl sites for hydroxylation is 1. The number of hydrogen-bond donors (Lipinski definition) is 1. The molecule has 0 radical (unpaired) electrons. The van der Waals surface area contributed by atoms with Gasteiger partial charge in [-0.05, 0) is 6.92 Å². The lowest BCUT2D eigenvalue weighted by molar-refractivity contribution is 0.236. The van der Waals surface area contributed by atoms with E-state index in [-0.39, 0.29) is 15.2 Å². The molecular weight excluding hydrogens is 274 g/mol. The summed E-state index contributed by atoms with van der Waals surface area (Å²) in [7, 11) is -3.80. The minimum absolute atomic E-state index is 0.0227. The quantitative estimate of drug-likeness (QED) is 0.870. The van der Waals surface area contributed by atoms with Crippen LogP contribution in [0.2, 0.25) is 4.47 Å². The van der Waals surface area contributed by atoms with Crippen LogP contribution in [0.5, 0.6) is 0 Å². The molecule has 0 aliphatic carbocycles. The number of sulfonamides is 1. The highest BCUT2D eigenvalue weighted by molar-refractivity contribution is 7.91. The normalized spacial score (nSPS) is 16.6. The van der Waals surface area contributed by atoms with Crippen molar-refractivity contribution in [2.24, 2.45) is 0 Å². The molecule has 6 nitrogen and oxygen atoms in total. The third-order valence-electron chi connectivity index (χ3n) is 2.07. The van der Waals surface area contributed by atoms with Crippen molar-refractivity contribution in [3.8, 4) is 0 Å². The number of carbonyl (C=O) groups is 1. The highest BCUT2D eigenvalue weighted by Gasteiger charge is 2.35. The fraction of sp³-hybridized carbons (Fsp3) is 0.429. The Balaban J connectivity index is 2.46. The number of carbonyl (C=O) groups excluding carboxylic acids is 1. The molecule has 0 aromatic carbocycles. The summed E-state index contributed by atoms with van der Waals surface area (Å²) in [5.41, 5.74) is 0.315. The number of aromatic nitrogens is 1. The van der Waals surface area contributed by atoms with Crippen LogP contribution in [0.4, 0.5) is 4.79 Å². The molecule has 1 aliphatic heterocycles. The van der Waals surface area contributed by atoms with Gasteiger partial charge < -0.3 is 5.32 Å². The maximum atomic E-state index is 12.1. The van der Waals surface area contributed by atoms with Crippen LogP contribution >= 0.6 is 22.9 Å². The van der Waals surface area contributed by atoms with Gasteiger partial charge in [-0.15, -0.1) is 0 Å². The molecule has 1 aliphatic rings. The summed E-state index contributed by atoms with van der Waals surface area (Å²) in [5.74, 6) is 0. The van der Waals surface area contributed by atoms with Crippen molar-refractivity contribution in [2.75, 3.05) is 13.1 Å². The number of rotatable bonds is 2. The Labute approximate surface area is 101 Å². The fourth-order valence-corrected chi connectivity index (χ4v) is 4.56. The lowest BCUT2D eigenvalue weighted by Gasteiger charge is -2.13. The number of thiazole rings is 1. The van der Waals surface area contributed by atoms with Crippen molar-refractivity contribution < 1.29 is 13.2 Å². The van der Waals surface area contributed by atoms with E-state index >= 15 is 0 Å². The van der Waals surface area contributed by atoms with Gasteiger partial charge in [0, 0.05) is 6.54 Å². The lowest BCUT2D eigenvalue weighted by atomic mass is 10.6. The Morgan fingerprint density at radius 2 is 2.25 bits per heavy atom. The average molecular weight is 282 g/mol. The maximum Gasteiger partial charge on any atom is 0.331 e. The first kappa shape index (κ1) is 11.6. The molecule has 16 heavy (non-hydrogen) atoms. The Hall–Kier alpha value is -0.860. The molecule has 1 N–H and O–H groups in total. The second-order valence-electron chi connectivity index (χ2n) is 3.15. The topological polar surface area (TPSA) is 79.4 Å². The molecule has 88 valence electrons. The molecule has 0 atom stereocenters. The highest BCUT2D eigenvalue weighted by atomic mass is 35.5. The Morgan fingerprint density at radius 1 is 1.56 bits per heavy atom. The second-order valence-corrected chi connectivity index (χ2v) is 6.79. The Morgan fingerprint density at radius 3 is 2.69 bits per heavy atom. The number of hydrogen-bond acceptors (Lipinski definition) is 5. The summed E-state index contributed by atoms with van der Waals surface area (Å²) in [6.45, 7) is 2.00. The molecule has 1 aromatic rings. The zero-order valence-electron chi connectivity index (χ0n) is 8.23. The van der Waals surface area contributed by atoms with E-state index in [0.717, 1.165) is 15.6 Å². The van der Waals surface area contributed by atoms with Crippen LogP contribution in [0.3, 0.4) is 0 Å². The van der Waals surface area contributed by atoms with Crippen LogP contribution in [0.25, 0.3) is 0 Å². The molecule has 2 rings (SSSR count). The van der Waals surface area contributed by atoms with Crippen LogP contribution in [-0.4, -0.2) is 36.8 Å². The van der Waals surface area contributed by atoms with Crippen LogP contribution in [0.1, 0.15) is 5.69 Å². The summed E-state index contributed by atoms with van der Waals surface area (Å²) >= 11 is 6.49. The first-order valence-corrected chi connectivity index (χ1v) is 7.00. The predicted molar refractivity (Wildman–Crippen MR) is 59.2 cm³/mol. The SMILES string of the molecule is Cc1nc(Cl)sc1S(=O)(=O)N1CCNC1=O. The van der Waals surface area contributed by atoms with Gasteiger partial charge in [0.25, 0.3) is 10.0 Å². The molecule has 0 bridgehead atoms. The molecular formula is C7H8ClN3O3S2. The van der Waals surface area contributed by atoms with Crippen LogP contribution in [0.15, 0.2) is 4.21 Å². The molecule has 1 fully saturated rings. The van der Waals surface area contributed by atoms with Gasteiger partial charge in [0.1, 0.15) is 0 Å². The monoisotopic (exact) mass is 281 g/mol. The van der Waals surface area contributed by atoms with Gasteiger partial charge in [0.05, 0.1) is 12.2 Å². The molecule has 2 amide bonds. The van der Waals surface area contributed by atoms with Gasteiger partial charge in [-0.1, -0.05) is 22.9 Å². The van der Waals surface area contributed by atoms with E-state index < -0.39 is 16.1 Å². The molecule has 9 heteroatoms. The molecule has 0 saturated carbocycles. The third kappa shape index (κ3) is 1.76. The first-order chi connectivity index (χ1) is 7.43. The highest BCUT2D eigenvalue weighted by Crippen LogP contribution is 2.29. The summed E-state index contributed by atoms with van der Waals surface area (Å²) < 4.78 is 25.1. The Bertz CT molecular complexity index is 539. The molecule has 2 heterocycles. The second kappa shape index (κ2) is 3.86. The maximum absolute atomic E-state index is 12.1. The number of nitrogens with one attached hydrogen (secondary N) is 1. The smallest absolute Gasteiger partial charge is 0.331 e. The van der Waals surface area contributed by atoms with Crippen molar-refractivity contribution in [1.29, 1.82) is 0 Å². The van der Waals surface area contributed by atoms with E-state index in [1.807, 2.05) is 0 Å². The van der Waals surface area contributed by atoms with Crippen LogP contribution < -0.4 is 5.32 Å². The van der Waals surface area contributed by atoms with Gasteiger partial charge in [0.2, 0.25) is 0 Å². The van der Waals surface area contributed by atoms with E-state index in [4.69, 9.17) is 11.6 Å². The number of nitrogens with zero attached hydrogens (tertiary/aromatic N) is 2. The van der Waals surface area contributed by atoms with Crippen molar-refractivity contribution in [3.63, 3.8) is 0 Å². The number of amides is 2. The molecule has 1 saturated heterocycles. The van der Waals surface area contributed by atoms with Gasteiger partial charge in [-0.3, -0.25) is 0 Å². The van der Waals surface area contributed by atoms with E-state index in [1.165, 1.54) is 0 Å². The number of halogens is 1.